The SMILES string of the molecule is CC1(Nc2ccc(N)cc2S(N)(=O)=O)CC1. The molecule has 2 rings (SSSR count). The molecule has 1 aliphatic carbocycles. The van der Waals surface area contributed by atoms with Crippen molar-refractivity contribution in [2.24, 2.45) is 5.14 Å². The van der Waals surface area contributed by atoms with Gasteiger partial charge in [-0.3, -0.25) is 0 Å². The normalized spacial score (nSPS) is 18.1. The van der Waals surface area contributed by atoms with Crippen molar-refractivity contribution in [3.63, 3.8) is 0 Å². The van der Waals surface area contributed by atoms with Crippen LogP contribution in [0.15, 0.2) is 23.1 Å². The number of nitrogen functional groups attached to an aromatic ring is 1. The Morgan fingerprint density at radius 2 is 2.00 bits per heavy atom. The maximum atomic E-state index is 11.4. The molecule has 1 aromatic rings. The van der Waals surface area contributed by atoms with Gasteiger partial charge in [0, 0.05) is 11.2 Å². The summed E-state index contributed by atoms with van der Waals surface area (Å²) in [4.78, 5) is 0.0561. The minimum atomic E-state index is -3.74. The first-order valence-corrected chi connectivity index (χ1v) is 6.55. The lowest BCUT2D eigenvalue weighted by Crippen LogP contribution is -2.21. The van der Waals surface area contributed by atoms with Crippen LogP contribution in [0.5, 0.6) is 0 Å². The van der Waals surface area contributed by atoms with E-state index < -0.39 is 10.0 Å². The number of benzene rings is 1. The van der Waals surface area contributed by atoms with E-state index in [1.54, 1.807) is 12.1 Å². The molecule has 0 aliphatic heterocycles. The van der Waals surface area contributed by atoms with Crippen LogP contribution < -0.4 is 16.2 Å². The number of sulfonamides is 1. The van der Waals surface area contributed by atoms with Gasteiger partial charge in [-0.2, -0.15) is 0 Å². The Hall–Kier alpha value is -1.27. The predicted octanol–water partition coefficient (Wildman–Crippen LogP) is 0.881. The molecule has 0 saturated heterocycles. The highest BCUT2D eigenvalue weighted by Crippen LogP contribution is 2.39. The molecule has 5 N–H and O–H groups in total. The molecule has 6 heteroatoms. The van der Waals surface area contributed by atoms with E-state index in [4.69, 9.17) is 10.9 Å². The van der Waals surface area contributed by atoms with E-state index in [9.17, 15) is 8.42 Å². The Balaban J connectivity index is 2.44. The summed E-state index contributed by atoms with van der Waals surface area (Å²) in [7, 11) is -3.74. The zero-order valence-electron chi connectivity index (χ0n) is 9.03. The molecule has 0 heterocycles. The maximum Gasteiger partial charge on any atom is 0.240 e. The first kappa shape index (κ1) is 11.2. The van der Waals surface area contributed by atoms with Crippen LogP contribution >= 0.6 is 0 Å². The van der Waals surface area contributed by atoms with E-state index in [2.05, 4.69) is 5.32 Å². The molecule has 1 saturated carbocycles. The van der Waals surface area contributed by atoms with Crippen molar-refractivity contribution in [1.82, 2.24) is 0 Å². The zero-order valence-corrected chi connectivity index (χ0v) is 9.84. The van der Waals surface area contributed by atoms with E-state index >= 15 is 0 Å². The van der Waals surface area contributed by atoms with Gasteiger partial charge in [-0.05, 0) is 38.0 Å². The Kier molecular flexibility index (Phi) is 2.36. The standard InChI is InChI=1S/C10H15N3O2S/c1-10(4-5-10)13-8-3-2-7(11)6-9(8)16(12,14)15/h2-3,6,13H,4-5,11H2,1H3,(H2,12,14,15). The summed E-state index contributed by atoms with van der Waals surface area (Å²) in [6, 6.07) is 4.69. The monoisotopic (exact) mass is 241 g/mol. The van der Waals surface area contributed by atoms with Crippen molar-refractivity contribution >= 4 is 21.4 Å². The lowest BCUT2D eigenvalue weighted by molar-refractivity contribution is 0.598. The molecule has 1 fully saturated rings. The van der Waals surface area contributed by atoms with Crippen LogP contribution in [-0.4, -0.2) is 14.0 Å². The second-order valence-electron chi connectivity index (χ2n) is 4.49. The summed E-state index contributed by atoms with van der Waals surface area (Å²) in [6.07, 6.45) is 2.06. The number of anilines is 2. The topological polar surface area (TPSA) is 98.2 Å². The van der Waals surface area contributed by atoms with Gasteiger partial charge in [0.15, 0.2) is 0 Å². The molecule has 1 aromatic carbocycles. The van der Waals surface area contributed by atoms with E-state index in [1.165, 1.54) is 6.07 Å². The van der Waals surface area contributed by atoms with E-state index in [-0.39, 0.29) is 10.4 Å². The fourth-order valence-corrected chi connectivity index (χ4v) is 2.24. The van der Waals surface area contributed by atoms with Crippen molar-refractivity contribution in [2.75, 3.05) is 11.1 Å². The molecule has 0 amide bonds. The van der Waals surface area contributed by atoms with Crippen molar-refractivity contribution in [2.45, 2.75) is 30.2 Å². The van der Waals surface area contributed by atoms with E-state index in [1.807, 2.05) is 6.92 Å². The van der Waals surface area contributed by atoms with Crippen LogP contribution in [-0.2, 0) is 10.0 Å². The van der Waals surface area contributed by atoms with Crippen LogP contribution in [0.4, 0.5) is 11.4 Å². The third-order valence-electron chi connectivity index (χ3n) is 2.75. The second kappa shape index (κ2) is 3.36. The average Bonchev–Trinajstić information content (AvgIpc) is 2.85. The summed E-state index contributed by atoms with van der Waals surface area (Å²) in [5, 5.41) is 8.32. The van der Waals surface area contributed by atoms with Gasteiger partial charge in [0.05, 0.1) is 5.69 Å². The molecule has 1 aliphatic rings. The molecule has 0 bridgehead atoms. The van der Waals surface area contributed by atoms with Crippen LogP contribution in [0, 0.1) is 0 Å². The van der Waals surface area contributed by atoms with Gasteiger partial charge in [-0.1, -0.05) is 0 Å². The quantitative estimate of drug-likeness (QED) is 0.684. The highest BCUT2D eigenvalue weighted by atomic mass is 32.2. The molecular weight excluding hydrogens is 226 g/mol. The third kappa shape index (κ3) is 2.28. The third-order valence-corrected chi connectivity index (χ3v) is 3.70. The lowest BCUT2D eigenvalue weighted by Gasteiger charge is -2.16. The van der Waals surface area contributed by atoms with Crippen LogP contribution in [0.25, 0.3) is 0 Å². The van der Waals surface area contributed by atoms with Crippen LogP contribution in [0.2, 0.25) is 0 Å². The minimum absolute atomic E-state index is 0.00441. The van der Waals surface area contributed by atoms with Crippen molar-refractivity contribution < 1.29 is 8.42 Å². The highest BCUT2D eigenvalue weighted by Gasteiger charge is 2.38. The number of nitrogens with one attached hydrogen (secondary N) is 1. The Morgan fingerprint density at radius 1 is 1.38 bits per heavy atom. The zero-order chi connectivity index (χ0) is 12.0. The van der Waals surface area contributed by atoms with Gasteiger partial charge < -0.3 is 11.1 Å². The number of hydrogen-bond acceptors (Lipinski definition) is 4. The van der Waals surface area contributed by atoms with Crippen molar-refractivity contribution in [1.29, 1.82) is 0 Å². The van der Waals surface area contributed by atoms with Gasteiger partial charge in [0.2, 0.25) is 10.0 Å². The fraction of sp³-hybridized carbons (Fsp3) is 0.400. The largest absolute Gasteiger partial charge is 0.399 e. The molecule has 0 radical (unpaired) electrons. The number of rotatable bonds is 3. The van der Waals surface area contributed by atoms with Gasteiger partial charge in [0.25, 0.3) is 0 Å². The van der Waals surface area contributed by atoms with E-state index in [0.29, 0.717) is 11.4 Å². The maximum absolute atomic E-state index is 11.4. The Labute approximate surface area is 94.9 Å². The first-order valence-electron chi connectivity index (χ1n) is 5.01. The lowest BCUT2D eigenvalue weighted by atomic mass is 10.2. The van der Waals surface area contributed by atoms with Gasteiger partial charge >= 0.3 is 0 Å². The fourth-order valence-electron chi connectivity index (χ4n) is 1.52. The summed E-state index contributed by atoms with van der Waals surface area (Å²) in [5.74, 6) is 0. The molecule has 0 atom stereocenters. The van der Waals surface area contributed by atoms with Gasteiger partial charge in [0.1, 0.15) is 4.90 Å². The summed E-state index contributed by atoms with van der Waals surface area (Å²) in [6.45, 7) is 2.04. The van der Waals surface area contributed by atoms with Crippen LogP contribution in [0.1, 0.15) is 19.8 Å². The van der Waals surface area contributed by atoms with Crippen molar-refractivity contribution in [3.05, 3.63) is 18.2 Å². The number of primary sulfonamides is 1. The molecule has 5 nitrogen and oxygen atoms in total. The van der Waals surface area contributed by atoms with Gasteiger partial charge in [-0.25, -0.2) is 13.6 Å². The van der Waals surface area contributed by atoms with Crippen molar-refractivity contribution in [3.8, 4) is 0 Å². The predicted molar refractivity (Wildman–Crippen MR) is 63.5 cm³/mol. The van der Waals surface area contributed by atoms with Gasteiger partial charge in [-0.15, -0.1) is 0 Å². The molecule has 16 heavy (non-hydrogen) atoms. The summed E-state index contributed by atoms with van der Waals surface area (Å²) >= 11 is 0. The molecule has 0 unspecified atom stereocenters. The summed E-state index contributed by atoms with van der Waals surface area (Å²) < 4.78 is 22.8. The Morgan fingerprint density at radius 3 is 2.50 bits per heavy atom. The molecule has 88 valence electrons. The minimum Gasteiger partial charge on any atom is -0.399 e. The second-order valence-corrected chi connectivity index (χ2v) is 6.02. The Bertz CT molecular complexity index is 521. The molecule has 0 aromatic heterocycles. The number of hydrogen-bond donors (Lipinski definition) is 3. The highest BCUT2D eigenvalue weighted by molar-refractivity contribution is 7.89. The average molecular weight is 241 g/mol. The van der Waals surface area contributed by atoms with Crippen LogP contribution in [0.3, 0.4) is 0 Å². The smallest absolute Gasteiger partial charge is 0.240 e. The number of nitrogens with two attached hydrogens (primary N) is 2. The molecular formula is C10H15N3O2S. The molecule has 0 spiro atoms. The van der Waals surface area contributed by atoms with E-state index in [0.717, 1.165) is 12.8 Å². The summed E-state index contributed by atoms with van der Waals surface area (Å²) in [5.41, 5.74) is 6.46. The first-order chi connectivity index (χ1) is 7.30.